The number of nitrogens with zero attached hydrogens (tertiary/aromatic N) is 1. The second kappa shape index (κ2) is 4.97. The van der Waals surface area contributed by atoms with E-state index in [2.05, 4.69) is 9.89 Å². The Morgan fingerprint density at radius 2 is 2.24 bits per heavy atom. The number of carbonyl (C=O) groups is 1. The molecule has 0 amide bonds. The van der Waals surface area contributed by atoms with Crippen molar-refractivity contribution in [2.45, 2.75) is 12.5 Å². The molecular weight excluding hydrogens is 220 g/mol. The van der Waals surface area contributed by atoms with Gasteiger partial charge in [-0.3, -0.25) is 0 Å². The lowest BCUT2D eigenvalue weighted by molar-refractivity contribution is 0.0600. The smallest absolute Gasteiger partial charge is 0.337 e. The molecule has 5 nitrogen and oxygen atoms in total. The van der Waals surface area contributed by atoms with Gasteiger partial charge in [0.1, 0.15) is 6.10 Å². The van der Waals surface area contributed by atoms with Crippen LogP contribution in [0.2, 0.25) is 0 Å². The van der Waals surface area contributed by atoms with Crippen molar-refractivity contribution in [1.82, 2.24) is 0 Å². The Hall–Kier alpha value is -1.88. The van der Waals surface area contributed by atoms with Gasteiger partial charge in [0, 0.05) is 13.0 Å². The predicted molar refractivity (Wildman–Crippen MR) is 62.9 cm³/mol. The Morgan fingerprint density at radius 1 is 1.53 bits per heavy atom. The quantitative estimate of drug-likeness (QED) is 0.789. The van der Waals surface area contributed by atoms with Gasteiger partial charge in [-0.05, 0) is 17.7 Å². The van der Waals surface area contributed by atoms with Gasteiger partial charge in [-0.1, -0.05) is 17.3 Å². The molecule has 0 saturated carbocycles. The van der Waals surface area contributed by atoms with E-state index in [0.29, 0.717) is 18.5 Å². The SMILES string of the molecule is COC(=O)c1ccc(C2=NO[C@H](CN)C2)cc1. The summed E-state index contributed by atoms with van der Waals surface area (Å²) >= 11 is 0. The monoisotopic (exact) mass is 234 g/mol. The summed E-state index contributed by atoms with van der Waals surface area (Å²) in [7, 11) is 1.36. The zero-order valence-corrected chi connectivity index (χ0v) is 9.55. The molecule has 0 unspecified atom stereocenters. The molecule has 1 atom stereocenters. The average molecular weight is 234 g/mol. The number of oxime groups is 1. The van der Waals surface area contributed by atoms with Gasteiger partial charge < -0.3 is 15.3 Å². The van der Waals surface area contributed by atoms with Gasteiger partial charge >= 0.3 is 5.97 Å². The number of ether oxygens (including phenoxy) is 1. The molecule has 0 fully saturated rings. The molecule has 17 heavy (non-hydrogen) atoms. The minimum Gasteiger partial charge on any atom is -0.465 e. The molecular formula is C12H14N2O3. The number of benzene rings is 1. The highest BCUT2D eigenvalue weighted by atomic mass is 16.6. The van der Waals surface area contributed by atoms with Crippen LogP contribution in [-0.4, -0.2) is 31.4 Å². The first-order valence-corrected chi connectivity index (χ1v) is 5.36. The zero-order chi connectivity index (χ0) is 12.3. The summed E-state index contributed by atoms with van der Waals surface area (Å²) in [5.74, 6) is -0.346. The lowest BCUT2D eigenvalue weighted by Gasteiger charge is -2.03. The first-order chi connectivity index (χ1) is 8.24. The standard InChI is InChI=1S/C12H14N2O3/c1-16-12(15)9-4-2-8(3-5-9)11-6-10(7-13)17-14-11/h2-5,10H,6-7,13H2,1H3/t10-/m0/s1. The second-order valence-electron chi connectivity index (χ2n) is 3.77. The number of hydrogen-bond donors (Lipinski definition) is 1. The van der Waals surface area contributed by atoms with Crippen LogP contribution in [0.4, 0.5) is 0 Å². The number of rotatable bonds is 3. The van der Waals surface area contributed by atoms with Gasteiger partial charge in [0.25, 0.3) is 0 Å². The molecule has 1 aliphatic heterocycles. The summed E-state index contributed by atoms with van der Waals surface area (Å²) in [6, 6.07) is 7.07. The maximum atomic E-state index is 11.3. The number of hydrogen-bond acceptors (Lipinski definition) is 5. The average Bonchev–Trinajstić information content (AvgIpc) is 2.87. The molecule has 0 spiro atoms. The summed E-state index contributed by atoms with van der Waals surface area (Å²) in [5.41, 5.74) is 7.81. The van der Waals surface area contributed by atoms with E-state index in [1.54, 1.807) is 12.1 Å². The minimum absolute atomic E-state index is 0.0368. The van der Waals surface area contributed by atoms with Crippen LogP contribution in [0.25, 0.3) is 0 Å². The third-order valence-corrected chi connectivity index (χ3v) is 2.64. The van der Waals surface area contributed by atoms with E-state index in [0.717, 1.165) is 11.3 Å². The zero-order valence-electron chi connectivity index (χ0n) is 9.55. The summed E-state index contributed by atoms with van der Waals surface area (Å²) in [5, 5.41) is 3.97. The van der Waals surface area contributed by atoms with Gasteiger partial charge in [0.15, 0.2) is 0 Å². The molecule has 0 bridgehead atoms. The van der Waals surface area contributed by atoms with E-state index in [4.69, 9.17) is 10.6 Å². The van der Waals surface area contributed by atoms with Gasteiger partial charge in [-0.15, -0.1) is 0 Å². The molecule has 5 heteroatoms. The van der Waals surface area contributed by atoms with Crippen molar-refractivity contribution in [3.8, 4) is 0 Å². The lowest BCUT2D eigenvalue weighted by Crippen LogP contribution is -2.20. The highest BCUT2D eigenvalue weighted by Gasteiger charge is 2.20. The van der Waals surface area contributed by atoms with E-state index >= 15 is 0 Å². The van der Waals surface area contributed by atoms with Crippen LogP contribution in [0, 0.1) is 0 Å². The van der Waals surface area contributed by atoms with Crippen LogP contribution in [0.15, 0.2) is 29.4 Å². The Bertz CT molecular complexity index is 440. The molecule has 2 rings (SSSR count). The Balaban J connectivity index is 2.11. The molecule has 0 aromatic heterocycles. The molecule has 1 aromatic rings. The fourth-order valence-electron chi connectivity index (χ4n) is 1.64. The van der Waals surface area contributed by atoms with E-state index in [9.17, 15) is 4.79 Å². The van der Waals surface area contributed by atoms with E-state index in [-0.39, 0.29) is 12.1 Å². The maximum absolute atomic E-state index is 11.3. The van der Waals surface area contributed by atoms with E-state index < -0.39 is 0 Å². The van der Waals surface area contributed by atoms with Gasteiger partial charge in [0.05, 0.1) is 18.4 Å². The van der Waals surface area contributed by atoms with Crippen molar-refractivity contribution >= 4 is 11.7 Å². The third-order valence-electron chi connectivity index (χ3n) is 2.64. The first-order valence-electron chi connectivity index (χ1n) is 5.36. The molecule has 2 N–H and O–H groups in total. The van der Waals surface area contributed by atoms with Crippen molar-refractivity contribution < 1.29 is 14.4 Å². The number of carbonyl (C=O) groups excluding carboxylic acids is 1. The summed E-state index contributed by atoms with van der Waals surface area (Å²) in [6.45, 7) is 0.452. The van der Waals surface area contributed by atoms with Crippen LogP contribution in [0.3, 0.4) is 0 Å². The Morgan fingerprint density at radius 3 is 2.76 bits per heavy atom. The molecule has 1 heterocycles. The van der Waals surface area contributed by atoms with E-state index in [1.807, 2.05) is 12.1 Å². The van der Waals surface area contributed by atoms with Gasteiger partial charge in [-0.2, -0.15) is 0 Å². The second-order valence-corrected chi connectivity index (χ2v) is 3.77. The molecule has 90 valence electrons. The minimum atomic E-state index is -0.346. The van der Waals surface area contributed by atoms with Crippen LogP contribution in [-0.2, 0) is 9.57 Å². The van der Waals surface area contributed by atoms with Crippen LogP contribution < -0.4 is 5.73 Å². The van der Waals surface area contributed by atoms with Crippen molar-refractivity contribution in [2.75, 3.05) is 13.7 Å². The van der Waals surface area contributed by atoms with Crippen LogP contribution in [0.5, 0.6) is 0 Å². The molecule has 0 saturated heterocycles. The molecule has 1 aromatic carbocycles. The predicted octanol–water partition coefficient (Wildman–Crippen LogP) is 0.925. The molecule has 1 aliphatic rings. The van der Waals surface area contributed by atoms with Crippen molar-refractivity contribution in [3.05, 3.63) is 35.4 Å². The normalized spacial score (nSPS) is 18.5. The number of methoxy groups -OCH3 is 1. The largest absolute Gasteiger partial charge is 0.465 e. The summed E-state index contributed by atoms with van der Waals surface area (Å²) in [4.78, 5) is 16.4. The van der Waals surface area contributed by atoms with Crippen molar-refractivity contribution in [3.63, 3.8) is 0 Å². The fraction of sp³-hybridized carbons (Fsp3) is 0.333. The molecule has 0 aliphatic carbocycles. The lowest BCUT2D eigenvalue weighted by atomic mass is 10.0. The van der Waals surface area contributed by atoms with Crippen molar-refractivity contribution in [2.24, 2.45) is 10.9 Å². The Labute approximate surface area is 99.2 Å². The topological polar surface area (TPSA) is 73.9 Å². The van der Waals surface area contributed by atoms with Gasteiger partial charge in [0.2, 0.25) is 0 Å². The maximum Gasteiger partial charge on any atom is 0.337 e. The molecule has 0 radical (unpaired) electrons. The summed E-state index contributed by atoms with van der Waals surface area (Å²) < 4.78 is 4.63. The highest BCUT2D eigenvalue weighted by molar-refractivity contribution is 6.02. The summed E-state index contributed by atoms with van der Waals surface area (Å²) in [6.07, 6.45) is 0.666. The van der Waals surface area contributed by atoms with E-state index in [1.165, 1.54) is 7.11 Å². The van der Waals surface area contributed by atoms with Gasteiger partial charge in [-0.25, -0.2) is 4.79 Å². The van der Waals surface area contributed by atoms with Crippen LogP contribution in [0.1, 0.15) is 22.3 Å². The van der Waals surface area contributed by atoms with Crippen LogP contribution >= 0.6 is 0 Å². The highest BCUT2D eigenvalue weighted by Crippen LogP contribution is 2.16. The third kappa shape index (κ3) is 2.45. The number of esters is 1. The Kier molecular flexibility index (Phi) is 3.39. The first kappa shape index (κ1) is 11.6. The fourth-order valence-corrected chi connectivity index (χ4v) is 1.64. The van der Waals surface area contributed by atoms with Crippen molar-refractivity contribution in [1.29, 1.82) is 0 Å². The number of nitrogens with two attached hydrogens (primary N) is 1.